The van der Waals surface area contributed by atoms with E-state index in [1.54, 1.807) is 54.9 Å². The van der Waals surface area contributed by atoms with E-state index >= 15 is 0 Å². The van der Waals surface area contributed by atoms with Crippen LogP contribution in [0.15, 0.2) is 179 Å². The number of fused-ring (bicyclic) bond motifs is 4. The molecule has 35 heteroatoms. The highest BCUT2D eigenvalue weighted by Crippen LogP contribution is 2.47. The zero-order valence-corrected chi connectivity index (χ0v) is 75.2. The van der Waals surface area contributed by atoms with Gasteiger partial charge in [-0.15, -0.1) is 0 Å². The summed E-state index contributed by atoms with van der Waals surface area (Å²) in [4.78, 5) is 89.1. The molecule has 5 aliphatic heterocycles. The molecule has 31 nitrogen and oxygen atoms in total. The first-order chi connectivity index (χ1) is 61.4. The summed E-state index contributed by atoms with van der Waals surface area (Å²) in [5.41, 5.74) is 11.1. The van der Waals surface area contributed by atoms with Gasteiger partial charge in [-0.25, -0.2) is 41.2 Å². The molecule has 7 aliphatic rings. The maximum atomic E-state index is 14.1. The first-order valence-corrected chi connectivity index (χ1v) is 47.0. The topological polar surface area (TPSA) is 358 Å². The fourth-order valence-corrected chi connectivity index (χ4v) is 20.5. The van der Waals surface area contributed by atoms with Crippen molar-refractivity contribution >= 4 is 122 Å². The van der Waals surface area contributed by atoms with Gasteiger partial charge in [0.2, 0.25) is 0 Å². The Bertz CT molecular complexity index is 6350. The van der Waals surface area contributed by atoms with Crippen LogP contribution in [0.25, 0.3) is 44.2 Å². The number of amides is 2. The van der Waals surface area contributed by atoms with Crippen molar-refractivity contribution in [1.29, 1.82) is 0 Å². The lowest BCUT2D eigenvalue weighted by Crippen LogP contribution is -2.47. The zero-order chi connectivity index (χ0) is 89.3. The Labute approximate surface area is 752 Å². The van der Waals surface area contributed by atoms with Crippen LogP contribution in [0.2, 0.25) is 10.0 Å². The molecule has 0 spiro atoms. The van der Waals surface area contributed by atoms with Crippen molar-refractivity contribution in [3.63, 3.8) is 0 Å². The molecule has 0 bridgehead atoms. The summed E-state index contributed by atoms with van der Waals surface area (Å²) in [6.45, 7) is 24.7. The number of carbonyl (C=O) groups is 2. The molecule has 4 fully saturated rings. The van der Waals surface area contributed by atoms with Crippen molar-refractivity contribution in [3.05, 3.63) is 233 Å². The number of imidazole rings is 1. The molecule has 10 heterocycles. The fraction of sp³-hybridized carbons (Fsp3) is 0.387. The molecular weight excluding hydrogens is 1710 g/mol. The van der Waals surface area contributed by atoms with Gasteiger partial charge in [-0.05, 0) is 164 Å². The number of H-pyrrole nitrogens is 3. The highest BCUT2D eigenvalue weighted by atomic mass is 35.5. The second-order valence-electron chi connectivity index (χ2n) is 35.8. The number of hydrogen-bond donors (Lipinski definition) is 5. The number of nitrogens with one attached hydrogen (secondary N) is 5. The highest BCUT2D eigenvalue weighted by molar-refractivity contribution is 7.90. The molecule has 18 rings (SSSR count). The fourth-order valence-electron chi connectivity index (χ4n) is 18.2. The van der Waals surface area contributed by atoms with Gasteiger partial charge in [-0.1, -0.05) is 86.3 Å². The predicted molar refractivity (Wildman–Crippen MR) is 492 cm³/mol. The minimum atomic E-state index is -4.64. The number of benzene rings is 6. The number of morpholine rings is 1. The molecule has 0 unspecified atom stereocenters. The molecule has 5 aromatic heterocycles. The summed E-state index contributed by atoms with van der Waals surface area (Å²) in [6, 6.07) is 38.2. The van der Waals surface area contributed by atoms with E-state index in [0.717, 1.165) is 168 Å². The Morgan fingerprint density at radius 1 is 0.562 bits per heavy atom. The molecule has 1 atom stereocenters. The second-order valence-corrected chi connectivity index (χ2v) is 40.1. The van der Waals surface area contributed by atoms with Gasteiger partial charge in [-0.2, -0.15) is 0 Å². The first kappa shape index (κ1) is 88.6. The van der Waals surface area contributed by atoms with Crippen molar-refractivity contribution in [3.8, 4) is 28.7 Å². The molecule has 11 aromatic rings. The number of nitrogens with zero attached hydrogens (tertiary/aromatic N) is 12. The van der Waals surface area contributed by atoms with Crippen LogP contribution in [0.3, 0.4) is 0 Å². The predicted octanol–water partition coefficient (Wildman–Crippen LogP) is 15.1. The van der Waals surface area contributed by atoms with Gasteiger partial charge in [0.1, 0.15) is 45.9 Å². The number of anilines is 2. The normalized spacial score (nSPS) is 18.7. The van der Waals surface area contributed by atoms with Gasteiger partial charge in [0, 0.05) is 192 Å². The number of piperazine rings is 3. The number of hydrogen-bond acceptors (Lipinski definition) is 24. The molecule has 0 radical (unpaired) electrons. The maximum Gasteiger partial charge on any atom is 0.298 e. The quantitative estimate of drug-likeness (QED) is 0.0277. The van der Waals surface area contributed by atoms with Gasteiger partial charge in [0.05, 0.1) is 80.6 Å². The summed E-state index contributed by atoms with van der Waals surface area (Å²) in [5.74, 6) is -0.417. The van der Waals surface area contributed by atoms with E-state index < -0.39 is 57.2 Å². The van der Waals surface area contributed by atoms with Crippen LogP contribution in [0.1, 0.15) is 109 Å². The summed E-state index contributed by atoms with van der Waals surface area (Å²) in [6.07, 6.45) is 13.3. The Morgan fingerprint density at radius 3 is 1.52 bits per heavy atom. The lowest BCUT2D eigenvalue weighted by Gasteiger charge is -2.39. The zero-order valence-electron chi connectivity index (χ0n) is 72.0. The molecule has 4 saturated heterocycles. The Kier molecular flexibility index (Phi) is 25.9. The number of likely N-dealkylation sites (N-methyl/N-ethyl adjacent to an activating group) is 1. The number of rotatable bonds is 24. The summed E-state index contributed by atoms with van der Waals surface area (Å²) >= 11 is 12.5. The second kappa shape index (κ2) is 37.4. The number of non-ortho nitro benzene ring substituents is 1. The molecule has 2 amide bonds. The van der Waals surface area contributed by atoms with Crippen molar-refractivity contribution in [2.45, 2.75) is 89.0 Å². The molecule has 6 aromatic carbocycles. The Morgan fingerprint density at radius 2 is 1.03 bits per heavy atom. The van der Waals surface area contributed by atoms with Crippen LogP contribution in [0, 0.1) is 37.0 Å². The van der Waals surface area contributed by atoms with Crippen LogP contribution in [0.5, 0.6) is 28.7 Å². The number of nitro groups is 2. The SMILES string of the molecule is CC1(C)CCC(CN2CCN(c3ccc(C(=O)NS(=O)(=O)c4cc([N+](=O)[O-])c5nc(CN6CCOCC6)[nH]c5c4)c(Oc4cnc5[nH]ccc5c4)c3)CC2)=C(c2ccc(Cl)cc2)C1.CN1CCN(C[C@H]2COc3cc(S(=O)(=O)NC(=O)c4ccc(N5CCN(CC6=C(c7ccc(Cl)cc7)CC(C)(C)CC6)CC5)cc4Oc4cnc5[nH]ccc5c4)cc([N+](=O)[O-])c3C2)CC1. The lowest BCUT2D eigenvalue weighted by molar-refractivity contribution is -0.386. The van der Waals surface area contributed by atoms with Gasteiger partial charge in [0.25, 0.3) is 43.2 Å². The van der Waals surface area contributed by atoms with Crippen LogP contribution in [0.4, 0.5) is 22.7 Å². The molecule has 128 heavy (non-hydrogen) atoms. The van der Waals surface area contributed by atoms with Gasteiger partial charge >= 0.3 is 0 Å². The van der Waals surface area contributed by atoms with Crippen LogP contribution in [-0.2, 0) is 37.7 Å². The lowest BCUT2D eigenvalue weighted by atomic mass is 9.72. The van der Waals surface area contributed by atoms with Gasteiger partial charge in [-0.3, -0.25) is 44.5 Å². The monoisotopic (exact) mass is 1820 g/mol. The minimum absolute atomic E-state index is 0.00573. The third kappa shape index (κ3) is 20.7. The van der Waals surface area contributed by atoms with E-state index in [2.05, 4.69) is 133 Å². The van der Waals surface area contributed by atoms with Gasteiger partial charge < -0.3 is 53.5 Å². The first-order valence-electron chi connectivity index (χ1n) is 43.3. The number of halogens is 2. The van der Waals surface area contributed by atoms with Crippen molar-refractivity contribution in [2.24, 2.45) is 16.7 Å². The standard InChI is InChI=1S/C48H55ClN8O7S.C45H48ClN9O7S/c1-48(2)12-10-35(42(27-48)33-4-6-36(49)7-5-33)30-55-18-20-56(21-19-55)37-8-9-40(45(24-37)64-38-23-34-11-13-50-46(34)51-28-38)47(58)52-65(61,62)39-25-43(57(59)60)41-22-32(31-63-44(41)26-39)29-54-16-14-53(3)15-17-54;1-45(2)11-9-31(37(25-45)29-3-5-32(46)6-4-29)27-52-13-15-54(16-14-52)33-7-8-36(40(22-33)62-34-21-30-10-12-47-43(30)48-26-34)44(56)51-63(59,60)35-23-38-42(39(24-35)55(57)58)50-41(49-38)28-53-17-19-61-20-18-53/h4-9,11,13,23-26,28,32H,10,12,14-22,27,29-31H2,1-3H3,(H,50,51)(H,52,58);3-8,10,12,21-24,26H,9,11,13-20,25,27-28H2,1-2H3,(H,47,48)(H,49,50)(H,51,56)/t32-;/m0./s1. The van der Waals surface area contributed by atoms with Gasteiger partial charge in [0.15, 0.2) is 5.52 Å². The number of nitro benzene ring substituents is 2. The number of ether oxygens (including phenoxy) is 4. The van der Waals surface area contributed by atoms with Crippen LogP contribution in [-0.4, -0.2) is 231 Å². The highest BCUT2D eigenvalue weighted by Gasteiger charge is 2.37. The molecule has 670 valence electrons. The van der Waals surface area contributed by atoms with Crippen molar-refractivity contribution in [2.75, 3.05) is 148 Å². The molecule has 0 saturated carbocycles. The molecule has 2 aliphatic carbocycles. The number of carbonyl (C=O) groups excluding carboxylic acids is 2. The Balaban J connectivity index is 0.000000180. The maximum absolute atomic E-state index is 14.1. The van der Waals surface area contributed by atoms with Crippen molar-refractivity contribution in [1.82, 2.24) is 63.8 Å². The smallest absolute Gasteiger partial charge is 0.298 e. The number of pyridine rings is 2. The van der Waals surface area contributed by atoms with E-state index in [1.165, 1.54) is 64.0 Å². The summed E-state index contributed by atoms with van der Waals surface area (Å²) in [5, 5.41) is 27.6. The largest absolute Gasteiger partial charge is 0.493 e. The van der Waals surface area contributed by atoms with E-state index in [9.17, 15) is 46.7 Å². The average Bonchev–Trinajstić information content (AvgIpc) is 0.812. The third-order valence-electron chi connectivity index (χ3n) is 25.5. The molecule has 5 N–H and O–H groups in total. The number of aromatic amines is 3. The minimum Gasteiger partial charge on any atom is -0.493 e. The van der Waals surface area contributed by atoms with Crippen LogP contribution >= 0.6 is 23.2 Å². The van der Waals surface area contributed by atoms with E-state index in [0.29, 0.717) is 93.1 Å². The van der Waals surface area contributed by atoms with E-state index in [4.69, 9.17) is 42.1 Å². The van der Waals surface area contributed by atoms with Crippen molar-refractivity contribution < 1.29 is 55.2 Å². The third-order valence-corrected chi connectivity index (χ3v) is 28.6. The van der Waals surface area contributed by atoms with E-state index in [-0.39, 0.29) is 61.8 Å². The number of sulfonamides is 2. The van der Waals surface area contributed by atoms with E-state index in [1.807, 2.05) is 36.4 Å². The average molecular weight is 1820 g/mol. The van der Waals surface area contributed by atoms with Crippen LogP contribution < -0.4 is 33.5 Å². The summed E-state index contributed by atoms with van der Waals surface area (Å²) < 4.78 is 84.1. The molecular formula is C93H103Cl2N17O14S2. The Hall–Kier alpha value is -11.4. The number of allylic oxidation sites excluding steroid dienone is 2. The number of aromatic nitrogens is 6. The summed E-state index contributed by atoms with van der Waals surface area (Å²) in [7, 11) is -7.18.